The molecule has 1 heterocycles. The molecule has 0 N–H and O–H groups in total. The largest absolute Gasteiger partial charge is 0.573 e. The van der Waals surface area contributed by atoms with Crippen LogP contribution in [-0.4, -0.2) is 75.6 Å². The summed E-state index contributed by atoms with van der Waals surface area (Å²) in [6.45, 7) is 6.93. The van der Waals surface area contributed by atoms with Gasteiger partial charge in [-0.1, -0.05) is 35.5 Å². The second-order valence-corrected chi connectivity index (χ2v) is 10.6. The predicted octanol–water partition coefficient (Wildman–Crippen LogP) is 6.39. The summed E-state index contributed by atoms with van der Waals surface area (Å²) in [5, 5.41) is 8.01. The van der Waals surface area contributed by atoms with Crippen LogP contribution < -0.4 is 4.74 Å². The van der Waals surface area contributed by atoms with Gasteiger partial charge >= 0.3 is 18.5 Å². The normalized spacial score (nSPS) is 11.7. The first kappa shape index (κ1) is 31.4. The Labute approximate surface area is 237 Å². The summed E-state index contributed by atoms with van der Waals surface area (Å²) < 4.78 is 47.7. The van der Waals surface area contributed by atoms with Crippen LogP contribution in [0.2, 0.25) is 0 Å². The average molecular weight is 576 g/mol. The summed E-state index contributed by atoms with van der Waals surface area (Å²) in [5.41, 5.74) is 1.36. The number of aromatic nitrogens is 3. The number of ether oxygens (including phenoxy) is 2. The third-order valence-corrected chi connectivity index (χ3v) is 5.98. The number of amides is 2. The number of benzene rings is 2. The number of rotatable bonds is 11. The van der Waals surface area contributed by atoms with E-state index in [9.17, 15) is 22.8 Å². The van der Waals surface area contributed by atoms with Crippen molar-refractivity contribution in [2.45, 2.75) is 58.4 Å². The minimum atomic E-state index is -4.78. The first-order valence-electron chi connectivity index (χ1n) is 13.4. The molecule has 0 saturated heterocycles. The van der Waals surface area contributed by atoms with E-state index in [0.717, 1.165) is 23.1 Å². The molecule has 3 aromatic rings. The van der Waals surface area contributed by atoms with E-state index in [4.69, 9.17) is 4.74 Å². The molecule has 41 heavy (non-hydrogen) atoms. The molecule has 0 fully saturated rings. The van der Waals surface area contributed by atoms with Crippen LogP contribution in [0.15, 0.2) is 60.8 Å². The molecular weight excluding hydrogens is 539 g/mol. The molecule has 0 unspecified atom stereocenters. The van der Waals surface area contributed by atoms with Gasteiger partial charge in [0.05, 0.1) is 6.20 Å². The zero-order chi connectivity index (χ0) is 30.0. The Kier molecular flexibility index (Phi) is 10.7. The van der Waals surface area contributed by atoms with Gasteiger partial charge in [-0.2, -0.15) is 4.68 Å². The van der Waals surface area contributed by atoms with Gasteiger partial charge in [-0.3, -0.25) is 0 Å². The van der Waals surface area contributed by atoms with Crippen molar-refractivity contribution >= 4 is 12.1 Å². The van der Waals surface area contributed by atoms with Crippen LogP contribution in [0.1, 0.15) is 45.6 Å². The van der Waals surface area contributed by atoms with E-state index in [1.165, 1.54) is 30.5 Å². The maximum absolute atomic E-state index is 13.4. The van der Waals surface area contributed by atoms with Crippen molar-refractivity contribution in [1.29, 1.82) is 0 Å². The standard InChI is InChI=1S/C29H36F3N5O4/c1-28(2,3)41-27(39)35(4)18-9-6-10-19-36(20-17-22-11-7-5-8-12-22)26(38)37-21-25(33-34-37)23-13-15-24(16-14-23)40-29(30,31)32/h5,7-8,11-16,21H,6,9-10,17-20H2,1-4H3. The number of alkyl halides is 3. The van der Waals surface area contributed by atoms with Crippen LogP contribution in [0, 0.1) is 0 Å². The first-order valence-corrected chi connectivity index (χ1v) is 13.4. The van der Waals surface area contributed by atoms with Crippen molar-refractivity contribution in [2.24, 2.45) is 0 Å². The van der Waals surface area contributed by atoms with Crippen LogP contribution >= 0.6 is 0 Å². The van der Waals surface area contributed by atoms with E-state index in [1.54, 1.807) is 16.8 Å². The fraction of sp³-hybridized carbons (Fsp3) is 0.448. The SMILES string of the molecule is CN(CCCCCN(CCc1ccccc1)C(=O)n1cc(-c2ccc(OC(F)(F)F)cc2)nn1)C(=O)OC(C)(C)C. The minimum absolute atomic E-state index is 0.338. The maximum Gasteiger partial charge on any atom is 0.573 e. The Balaban J connectivity index is 1.60. The third-order valence-electron chi connectivity index (χ3n) is 5.98. The van der Waals surface area contributed by atoms with E-state index in [1.807, 2.05) is 51.1 Å². The quantitative estimate of drug-likeness (QED) is 0.246. The van der Waals surface area contributed by atoms with Gasteiger partial charge in [-0.15, -0.1) is 18.3 Å². The van der Waals surface area contributed by atoms with Crippen LogP contribution in [0.3, 0.4) is 0 Å². The topological polar surface area (TPSA) is 89.8 Å². The molecule has 0 aliphatic carbocycles. The highest BCUT2D eigenvalue weighted by molar-refractivity contribution is 5.77. The number of halogens is 3. The third kappa shape index (κ3) is 10.8. The summed E-state index contributed by atoms with van der Waals surface area (Å²) in [6, 6.07) is 14.6. The molecule has 3 rings (SSSR count). The fourth-order valence-electron chi connectivity index (χ4n) is 3.93. The van der Waals surface area contributed by atoms with Gasteiger partial charge in [-0.05, 0) is 76.3 Å². The van der Waals surface area contributed by atoms with Gasteiger partial charge in [0.1, 0.15) is 17.0 Å². The Bertz CT molecular complexity index is 1260. The fourth-order valence-corrected chi connectivity index (χ4v) is 3.93. The number of nitrogens with zero attached hydrogens (tertiary/aromatic N) is 5. The van der Waals surface area contributed by atoms with Crippen molar-refractivity contribution in [1.82, 2.24) is 24.8 Å². The lowest BCUT2D eigenvalue weighted by atomic mass is 10.1. The van der Waals surface area contributed by atoms with E-state index < -0.39 is 12.0 Å². The van der Waals surface area contributed by atoms with E-state index in [2.05, 4.69) is 15.0 Å². The Morgan fingerprint density at radius 3 is 2.20 bits per heavy atom. The molecule has 0 radical (unpaired) electrons. The lowest BCUT2D eigenvalue weighted by Crippen LogP contribution is -2.37. The summed E-state index contributed by atoms with van der Waals surface area (Å²) in [7, 11) is 1.70. The highest BCUT2D eigenvalue weighted by Gasteiger charge is 2.31. The molecule has 12 heteroatoms. The summed E-state index contributed by atoms with van der Waals surface area (Å²) in [5.74, 6) is -0.353. The second-order valence-electron chi connectivity index (χ2n) is 10.6. The van der Waals surface area contributed by atoms with Gasteiger partial charge < -0.3 is 19.3 Å². The number of carbonyl (C=O) groups is 2. The Hall–Kier alpha value is -4.09. The molecule has 0 saturated carbocycles. The highest BCUT2D eigenvalue weighted by atomic mass is 19.4. The Morgan fingerprint density at radius 2 is 1.56 bits per heavy atom. The van der Waals surface area contributed by atoms with E-state index in [0.29, 0.717) is 43.7 Å². The van der Waals surface area contributed by atoms with E-state index in [-0.39, 0.29) is 17.9 Å². The average Bonchev–Trinajstić information content (AvgIpc) is 3.39. The van der Waals surface area contributed by atoms with Crippen molar-refractivity contribution in [3.8, 4) is 17.0 Å². The van der Waals surface area contributed by atoms with E-state index >= 15 is 0 Å². The monoisotopic (exact) mass is 575 g/mol. The van der Waals surface area contributed by atoms with Gasteiger partial charge in [-0.25, -0.2) is 9.59 Å². The molecule has 0 bridgehead atoms. The lowest BCUT2D eigenvalue weighted by Gasteiger charge is -2.25. The molecule has 0 aliphatic rings. The molecule has 2 amide bonds. The number of hydrogen-bond acceptors (Lipinski definition) is 6. The first-order chi connectivity index (χ1) is 19.3. The van der Waals surface area contributed by atoms with Crippen molar-refractivity contribution in [3.05, 3.63) is 66.4 Å². The van der Waals surface area contributed by atoms with Crippen LogP contribution in [0.5, 0.6) is 5.75 Å². The molecule has 0 aliphatic heterocycles. The van der Waals surface area contributed by atoms with Crippen molar-refractivity contribution < 1.29 is 32.2 Å². The summed E-state index contributed by atoms with van der Waals surface area (Å²) in [4.78, 5) is 28.8. The summed E-state index contributed by atoms with van der Waals surface area (Å²) >= 11 is 0. The molecule has 2 aromatic carbocycles. The van der Waals surface area contributed by atoms with Crippen molar-refractivity contribution in [3.63, 3.8) is 0 Å². The van der Waals surface area contributed by atoms with Gasteiger partial charge in [0.15, 0.2) is 0 Å². The number of hydrogen-bond donors (Lipinski definition) is 0. The highest BCUT2D eigenvalue weighted by Crippen LogP contribution is 2.25. The van der Waals surface area contributed by atoms with Gasteiger partial charge in [0.25, 0.3) is 0 Å². The molecule has 9 nitrogen and oxygen atoms in total. The Morgan fingerprint density at radius 1 is 0.902 bits per heavy atom. The predicted molar refractivity (Wildman–Crippen MR) is 147 cm³/mol. The minimum Gasteiger partial charge on any atom is -0.444 e. The summed E-state index contributed by atoms with van der Waals surface area (Å²) in [6.07, 6.45) is -0.806. The zero-order valence-corrected chi connectivity index (χ0v) is 23.7. The number of unbranched alkanes of at least 4 members (excludes halogenated alkanes) is 2. The van der Waals surface area contributed by atoms with Crippen LogP contribution in [0.4, 0.5) is 22.8 Å². The molecular formula is C29H36F3N5O4. The molecule has 222 valence electrons. The molecule has 0 atom stereocenters. The zero-order valence-electron chi connectivity index (χ0n) is 23.7. The lowest BCUT2D eigenvalue weighted by molar-refractivity contribution is -0.274. The second kappa shape index (κ2) is 14.0. The number of carbonyl (C=O) groups excluding carboxylic acids is 2. The van der Waals surface area contributed by atoms with Gasteiger partial charge in [0.2, 0.25) is 0 Å². The smallest absolute Gasteiger partial charge is 0.444 e. The molecule has 0 spiro atoms. The van der Waals surface area contributed by atoms with Crippen LogP contribution in [0.25, 0.3) is 11.3 Å². The maximum atomic E-state index is 13.4. The molecule has 1 aromatic heterocycles. The van der Waals surface area contributed by atoms with Crippen molar-refractivity contribution in [2.75, 3.05) is 26.7 Å². The van der Waals surface area contributed by atoms with Gasteiger partial charge in [0, 0.05) is 32.2 Å². The van der Waals surface area contributed by atoms with Crippen LogP contribution in [-0.2, 0) is 11.2 Å².